The maximum absolute atomic E-state index is 10.7. The second-order valence-corrected chi connectivity index (χ2v) is 6.75. The molecule has 1 N–H and O–H groups in total. The average molecular weight is 289 g/mol. The van der Waals surface area contributed by atoms with Gasteiger partial charge in [-0.25, -0.2) is 0 Å². The Balaban J connectivity index is 2.29. The highest BCUT2D eigenvalue weighted by atomic mass is 79.9. The van der Waals surface area contributed by atoms with Gasteiger partial charge in [-0.2, -0.15) is 0 Å². The van der Waals surface area contributed by atoms with E-state index in [9.17, 15) is 5.11 Å². The van der Waals surface area contributed by atoms with Crippen LogP contribution in [0, 0.1) is 11.8 Å². The molecule has 1 aromatic rings. The molecule has 1 saturated carbocycles. The van der Waals surface area contributed by atoms with Crippen LogP contribution >= 0.6 is 27.3 Å². The summed E-state index contributed by atoms with van der Waals surface area (Å²) < 4.78 is 1.07. The second-order valence-electron chi connectivity index (χ2n) is 4.98. The van der Waals surface area contributed by atoms with Crippen molar-refractivity contribution in [1.29, 1.82) is 0 Å². The van der Waals surface area contributed by atoms with Gasteiger partial charge in [-0.1, -0.05) is 13.8 Å². The fourth-order valence-electron chi connectivity index (χ4n) is 2.90. The van der Waals surface area contributed by atoms with Gasteiger partial charge in [-0.3, -0.25) is 0 Å². The largest absolute Gasteiger partial charge is 0.384 e. The molecule has 2 unspecified atom stereocenters. The molecule has 0 amide bonds. The van der Waals surface area contributed by atoms with Crippen LogP contribution in [0.25, 0.3) is 0 Å². The van der Waals surface area contributed by atoms with E-state index >= 15 is 0 Å². The smallest absolute Gasteiger partial charge is 0.100 e. The Hall–Kier alpha value is 0.140. The molecular formula is C12H17BrOS. The van der Waals surface area contributed by atoms with Gasteiger partial charge in [0.2, 0.25) is 0 Å². The molecule has 1 aromatic heterocycles. The van der Waals surface area contributed by atoms with E-state index in [1.165, 1.54) is 6.42 Å². The second kappa shape index (κ2) is 4.19. The highest BCUT2D eigenvalue weighted by Gasteiger charge is 2.39. The lowest BCUT2D eigenvalue weighted by Gasteiger charge is -2.38. The van der Waals surface area contributed by atoms with Crippen molar-refractivity contribution in [3.05, 3.63) is 20.8 Å². The standard InChI is InChI=1S/C12H17BrOS/c1-8-5-9(2)7-12(14,6-8)11-10(13)3-4-15-11/h3-4,8-9,14H,5-7H2,1-2H3. The van der Waals surface area contributed by atoms with E-state index in [4.69, 9.17) is 0 Å². The van der Waals surface area contributed by atoms with Crippen molar-refractivity contribution >= 4 is 27.3 Å². The van der Waals surface area contributed by atoms with Crippen LogP contribution in [0.3, 0.4) is 0 Å². The van der Waals surface area contributed by atoms with E-state index in [1.54, 1.807) is 11.3 Å². The number of hydrogen-bond donors (Lipinski definition) is 1. The maximum Gasteiger partial charge on any atom is 0.100 e. The molecule has 0 aromatic carbocycles. The first-order valence-electron chi connectivity index (χ1n) is 5.47. The van der Waals surface area contributed by atoms with E-state index in [-0.39, 0.29) is 0 Å². The third-order valence-corrected chi connectivity index (χ3v) is 5.25. The predicted octanol–water partition coefficient (Wildman–Crippen LogP) is 4.15. The van der Waals surface area contributed by atoms with Gasteiger partial charge in [0.15, 0.2) is 0 Å². The molecule has 15 heavy (non-hydrogen) atoms. The molecule has 1 aliphatic rings. The molecule has 3 heteroatoms. The van der Waals surface area contributed by atoms with Crippen molar-refractivity contribution in [1.82, 2.24) is 0 Å². The summed E-state index contributed by atoms with van der Waals surface area (Å²) in [6.45, 7) is 4.48. The van der Waals surface area contributed by atoms with Gasteiger partial charge in [-0.15, -0.1) is 11.3 Å². The van der Waals surface area contributed by atoms with Crippen molar-refractivity contribution < 1.29 is 5.11 Å². The Kier molecular flexibility index (Phi) is 3.25. The van der Waals surface area contributed by atoms with Gasteiger partial charge in [0.05, 0.1) is 4.88 Å². The summed E-state index contributed by atoms with van der Waals surface area (Å²) in [6, 6.07) is 2.03. The van der Waals surface area contributed by atoms with Crippen LogP contribution in [0.2, 0.25) is 0 Å². The first-order chi connectivity index (χ1) is 7.01. The molecule has 0 radical (unpaired) electrons. The molecule has 0 bridgehead atoms. The number of hydrogen-bond acceptors (Lipinski definition) is 2. The first kappa shape index (κ1) is 11.6. The lowest BCUT2D eigenvalue weighted by atomic mass is 9.73. The average Bonchev–Trinajstić information content (AvgIpc) is 2.48. The van der Waals surface area contributed by atoms with Crippen LogP contribution in [0.1, 0.15) is 38.0 Å². The summed E-state index contributed by atoms with van der Waals surface area (Å²) in [5.74, 6) is 1.24. The SMILES string of the molecule is CC1CC(C)CC(O)(c2sccc2Br)C1. The summed E-state index contributed by atoms with van der Waals surface area (Å²) >= 11 is 5.19. The van der Waals surface area contributed by atoms with E-state index < -0.39 is 5.60 Å². The maximum atomic E-state index is 10.7. The van der Waals surface area contributed by atoms with Gasteiger partial charge >= 0.3 is 0 Å². The zero-order valence-corrected chi connectivity index (χ0v) is 11.6. The van der Waals surface area contributed by atoms with Gasteiger partial charge in [-0.05, 0) is 58.5 Å². The molecular weight excluding hydrogens is 272 g/mol. The van der Waals surface area contributed by atoms with E-state index in [0.717, 1.165) is 22.2 Å². The first-order valence-corrected chi connectivity index (χ1v) is 7.14. The Morgan fingerprint density at radius 3 is 2.47 bits per heavy atom. The molecule has 0 saturated heterocycles. The van der Waals surface area contributed by atoms with Gasteiger partial charge in [0.1, 0.15) is 5.60 Å². The highest BCUT2D eigenvalue weighted by molar-refractivity contribution is 9.10. The van der Waals surface area contributed by atoms with Crippen LogP contribution < -0.4 is 0 Å². The Bertz CT molecular complexity index is 337. The summed E-state index contributed by atoms with van der Waals surface area (Å²) in [7, 11) is 0. The van der Waals surface area contributed by atoms with Crippen molar-refractivity contribution in [2.45, 2.75) is 38.7 Å². The summed E-state index contributed by atoms with van der Waals surface area (Å²) in [5, 5.41) is 12.8. The van der Waals surface area contributed by atoms with Crippen molar-refractivity contribution in [2.24, 2.45) is 11.8 Å². The molecule has 1 heterocycles. The van der Waals surface area contributed by atoms with E-state index in [0.29, 0.717) is 11.8 Å². The van der Waals surface area contributed by atoms with Gasteiger partial charge < -0.3 is 5.11 Å². The van der Waals surface area contributed by atoms with Gasteiger partial charge in [0.25, 0.3) is 0 Å². The van der Waals surface area contributed by atoms with Crippen LogP contribution in [0.5, 0.6) is 0 Å². The monoisotopic (exact) mass is 288 g/mol. The molecule has 0 spiro atoms. The Morgan fingerprint density at radius 1 is 1.40 bits per heavy atom. The topological polar surface area (TPSA) is 20.2 Å². The van der Waals surface area contributed by atoms with Crippen LogP contribution in [0.15, 0.2) is 15.9 Å². The lowest BCUT2D eigenvalue weighted by Crippen LogP contribution is -2.34. The minimum absolute atomic E-state index is 0.593. The van der Waals surface area contributed by atoms with Gasteiger partial charge in [0, 0.05) is 4.47 Å². The minimum Gasteiger partial charge on any atom is -0.384 e. The van der Waals surface area contributed by atoms with E-state index in [2.05, 4.69) is 29.8 Å². The van der Waals surface area contributed by atoms with Crippen LogP contribution in [0.4, 0.5) is 0 Å². The normalized spacial score (nSPS) is 36.8. The van der Waals surface area contributed by atoms with Crippen LogP contribution in [-0.4, -0.2) is 5.11 Å². The number of thiophene rings is 1. The summed E-state index contributed by atoms with van der Waals surface area (Å²) in [5.41, 5.74) is -0.593. The quantitative estimate of drug-likeness (QED) is 0.823. The van der Waals surface area contributed by atoms with Crippen molar-refractivity contribution in [2.75, 3.05) is 0 Å². The molecule has 2 rings (SSSR count). The molecule has 84 valence electrons. The zero-order chi connectivity index (χ0) is 11.1. The van der Waals surface area contributed by atoms with Crippen molar-refractivity contribution in [3.8, 4) is 0 Å². The minimum atomic E-state index is -0.593. The fourth-order valence-corrected chi connectivity index (χ4v) is 4.76. The Morgan fingerprint density at radius 2 is 2.00 bits per heavy atom. The number of aliphatic hydroxyl groups is 1. The predicted molar refractivity (Wildman–Crippen MR) is 68.1 cm³/mol. The molecule has 1 aliphatic carbocycles. The number of halogens is 1. The molecule has 1 fully saturated rings. The molecule has 1 nitrogen and oxygen atoms in total. The summed E-state index contributed by atoms with van der Waals surface area (Å²) in [4.78, 5) is 1.11. The Labute approximate surface area is 104 Å². The number of rotatable bonds is 1. The zero-order valence-electron chi connectivity index (χ0n) is 9.16. The van der Waals surface area contributed by atoms with Crippen molar-refractivity contribution in [3.63, 3.8) is 0 Å². The fraction of sp³-hybridized carbons (Fsp3) is 0.667. The molecule has 2 atom stereocenters. The molecule has 0 aliphatic heterocycles. The third-order valence-electron chi connectivity index (χ3n) is 3.22. The lowest BCUT2D eigenvalue weighted by molar-refractivity contribution is -0.0337. The van der Waals surface area contributed by atoms with E-state index in [1.807, 2.05) is 11.4 Å². The third kappa shape index (κ3) is 2.29. The summed E-state index contributed by atoms with van der Waals surface area (Å²) in [6.07, 6.45) is 3.04. The van der Waals surface area contributed by atoms with Crippen LogP contribution in [-0.2, 0) is 5.60 Å². The highest BCUT2D eigenvalue weighted by Crippen LogP contribution is 2.46.